The van der Waals surface area contributed by atoms with E-state index in [0.717, 1.165) is 12.1 Å². The van der Waals surface area contributed by atoms with E-state index in [4.69, 9.17) is 11.6 Å². The summed E-state index contributed by atoms with van der Waals surface area (Å²) >= 11 is 8.97. The van der Waals surface area contributed by atoms with Gasteiger partial charge in [0.15, 0.2) is 5.78 Å². The lowest BCUT2D eigenvalue weighted by atomic mass is 10.0. The van der Waals surface area contributed by atoms with Crippen molar-refractivity contribution in [3.05, 3.63) is 50.2 Å². The summed E-state index contributed by atoms with van der Waals surface area (Å²) in [6, 6.07) is 2.10. The van der Waals surface area contributed by atoms with E-state index in [2.05, 4.69) is 21.0 Å². The second-order valence-electron chi connectivity index (χ2n) is 4.32. The number of nitrogens with zero attached hydrogens (tertiary/aromatic N) is 2. The topological polar surface area (TPSA) is 34.9 Å². The summed E-state index contributed by atoms with van der Waals surface area (Å²) in [5.74, 6) is -2.48. The summed E-state index contributed by atoms with van der Waals surface area (Å²) in [6.45, 7) is 1.68. The molecule has 0 bridgehead atoms. The Kier molecular flexibility index (Phi) is 4.25. The van der Waals surface area contributed by atoms with Crippen LogP contribution in [0.3, 0.4) is 0 Å². The van der Waals surface area contributed by atoms with Crippen molar-refractivity contribution in [3.8, 4) is 0 Å². The van der Waals surface area contributed by atoms with E-state index in [1.807, 2.05) is 0 Å². The minimum Gasteiger partial charge on any atom is -0.294 e. The molecular formula is C13H10BrClF2N2O. The van der Waals surface area contributed by atoms with Crippen molar-refractivity contribution >= 4 is 33.3 Å². The van der Waals surface area contributed by atoms with E-state index >= 15 is 0 Å². The van der Waals surface area contributed by atoms with E-state index in [1.165, 1.54) is 4.68 Å². The molecule has 1 aromatic heterocycles. The van der Waals surface area contributed by atoms with E-state index < -0.39 is 23.0 Å². The molecule has 0 atom stereocenters. The van der Waals surface area contributed by atoms with Crippen LogP contribution < -0.4 is 0 Å². The van der Waals surface area contributed by atoms with Crippen molar-refractivity contribution in [1.29, 1.82) is 0 Å². The number of Topliss-reactive ketones (excluding diaryl/α,β-unsaturated/α-hetero) is 1. The third kappa shape index (κ3) is 2.76. The molecule has 0 radical (unpaired) electrons. The summed E-state index contributed by atoms with van der Waals surface area (Å²) in [4.78, 5) is 12.1. The van der Waals surface area contributed by atoms with Gasteiger partial charge in [0.2, 0.25) is 0 Å². The molecule has 0 spiro atoms. The van der Waals surface area contributed by atoms with Crippen molar-refractivity contribution < 1.29 is 13.6 Å². The average molecular weight is 364 g/mol. The zero-order chi connectivity index (χ0) is 15.0. The second-order valence-corrected chi connectivity index (χ2v) is 5.60. The smallest absolute Gasteiger partial charge is 0.173 e. The Hall–Kier alpha value is -1.27. The van der Waals surface area contributed by atoms with Gasteiger partial charge in [0, 0.05) is 23.5 Å². The van der Waals surface area contributed by atoms with Gasteiger partial charge in [-0.25, -0.2) is 8.78 Å². The van der Waals surface area contributed by atoms with Gasteiger partial charge in [0.05, 0.1) is 11.3 Å². The fourth-order valence-electron chi connectivity index (χ4n) is 1.93. The lowest BCUT2D eigenvalue weighted by molar-refractivity contribution is 0.0984. The molecule has 0 N–H and O–H groups in total. The molecule has 1 heterocycles. The van der Waals surface area contributed by atoms with Crippen LogP contribution in [0.25, 0.3) is 0 Å². The SMILES string of the molecule is Cc1nn(C)c(Cl)c1CC(=O)c1c(F)cc(Br)cc1F. The number of benzene rings is 1. The van der Waals surface area contributed by atoms with Crippen LogP contribution in [0, 0.1) is 18.6 Å². The van der Waals surface area contributed by atoms with Crippen molar-refractivity contribution in [2.24, 2.45) is 7.05 Å². The third-order valence-corrected chi connectivity index (χ3v) is 3.82. The highest BCUT2D eigenvalue weighted by Gasteiger charge is 2.22. The van der Waals surface area contributed by atoms with E-state index in [-0.39, 0.29) is 16.0 Å². The van der Waals surface area contributed by atoms with Crippen LogP contribution in [0.5, 0.6) is 0 Å². The van der Waals surface area contributed by atoms with Crippen LogP contribution in [0.4, 0.5) is 8.78 Å². The number of halogens is 4. The lowest BCUT2D eigenvalue weighted by Gasteiger charge is -2.05. The minimum absolute atomic E-state index is 0.200. The van der Waals surface area contributed by atoms with Gasteiger partial charge >= 0.3 is 0 Å². The highest BCUT2D eigenvalue weighted by molar-refractivity contribution is 9.10. The molecule has 0 unspecified atom stereocenters. The number of rotatable bonds is 3. The number of hydrogen-bond donors (Lipinski definition) is 0. The Morgan fingerprint density at radius 2 is 1.95 bits per heavy atom. The van der Waals surface area contributed by atoms with Gasteiger partial charge in [-0.05, 0) is 19.1 Å². The molecule has 0 saturated carbocycles. The number of ketones is 1. The molecule has 0 aliphatic rings. The van der Waals surface area contributed by atoms with Crippen molar-refractivity contribution in [2.75, 3.05) is 0 Å². The van der Waals surface area contributed by atoms with Gasteiger partial charge in [-0.2, -0.15) is 5.10 Å². The van der Waals surface area contributed by atoms with E-state index in [9.17, 15) is 13.6 Å². The summed E-state index contributed by atoms with van der Waals surface area (Å²) in [5, 5.41) is 4.34. The molecule has 7 heteroatoms. The van der Waals surface area contributed by atoms with Crippen LogP contribution in [0.15, 0.2) is 16.6 Å². The Labute approximate surface area is 127 Å². The molecular weight excluding hydrogens is 354 g/mol. The first-order valence-corrected chi connectivity index (χ1v) is 6.84. The molecule has 0 saturated heterocycles. The fourth-order valence-corrected chi connectivity index (χ4v) is 2.58. The van der Waals surface area contributed by atoms with Crippen LogP contribution in [0.1, 0.15) is 21.6 Å². The van der Waals surface area contributed by atoms with Gasteiger partial charge in [-0.3, -0.25) is 9.48 Å². The van der Waals surface area contributed by atoms with E-state index in [1.54, 1.807) is 14.0 Å². The number of carbonyl (C=O) groups excluding carboxylic acids is 1. The Morgan fingerprint density at radius 1 is 1.40 bits per heavy atom. The highest BCUT2D eigenvalue weighted by Crippen LogP contribution is 2.24. The first-order valence-electron chi connectivity index (χ1n) is 5.67. The molecule has 0 aliphatic carbocycles. The lowest BCUT2D eigenvalue weighted by Crippen LogP contribution is -2.10. The predicted octanol–water partition coefficient (Wildman–Crippen LogP) is 3.85. The van der Waals surface area contributed by atoms with Crippen LogP contribution >= 0.6 is 27.5 Å². The van der Waals surface area contributed by atoms with Gasteiger partial charge in [0.1, 0.15) is 16.8 Å². The van der Waals surface area contributed by atoms with Gasteiger partial charge in [0.25, 0.3) is 0 Å². The van der Waals surface area contributed by atoms with Gasteiger partial charge < -0.3 is 0 Å². The highest BCUT2D eigenvalue weighted by atomic mass is 79.9. The quantitative estimate of drug-likeness (QED) is 0.777. The minimum atomic E-state index is -0.903. The first kappa shape index (κ1) is 15.1. The van der Waals surface area contributed by atoms with Gasteiger partial charge in [-0.1, -0.05) is 27.5 Å². The number of aromatic nitrogens is 2. The average Bonchev–Trinajstić information content (AvgIpc) is 2.54. The summed E-state index contributed by atoms with van der Waals surface area (Å²) in [5.41, 5.74) is 0.470. The molecule has 1 aromatic carbocycles. The van der Waals surface area contributed by atoms with E-state index in [0.29, 0.717) is 11.3 Å². The maximum absolute atomic E-state index is 13.7. The largest absolute Gasteiger partial charge is 0.294 e. The summed E-state index contributed by atoms with van der Waals surface area (Å²) in [7, 11) is 1.63. The molecule has 0 fully saturated rings. The number of hydrogen-bond acceptors (Lipinski definition) is 2. The maximum atomic E-state index is 13.7. The Bertz CT molecular complexity index is 677. The van der Waals surface area contributed by atoms with Crippen molar-refractivity contribution in [2.45, 2.75) is 13.3 Å². The zero-order valence-electron chi connectivity index (χ0n) is 10.7. The molecule has 106 valence electrons. The Morgan fingerprint density at radius 3 is 2.40 bits per heavy atom. The number of aryl methyl sites for hydroxylation is 2. The van der Waals surface area contributed by atoms with Crippen LogP contribution in [-0.2, 0) is 13.5 Å². The fraction of sp³-hybridized carbons (Fsp3) is 0.231. The van der Waals surface area contributed by atoms with Crippen LogP contribution in [-0.4, -0.2) is 15.6 Å². The molecule has 2 aromatic rings. The first-order chi connectivity index (χ1) is 9.31. The summed E-state index contributed by atoms with van der Waals surface area (Å²) < 4.78 is 29.1. The third-order valence-electron chi connectivity index (χ3n) is 2.89. The summed E-state index contributed by atoms with van der Waals surface area (Å²) in [6.07, 6.45) is -0.200. The second kappa shape index (κ2) is 5.61. The molecule has 3 nitrogen and oxygen atoms in total. The molecule has 2 rings (SSSR count). The zero-order valence-corrected chi connectivity index (χ0v) is 13.0. The molecule has 0 aliphatic heterocycles. The maximum Gasteiger partial charge on any atom is 0.173 e. The standard InChI is InChI=1S/C13H10BrClF2N2O/c1-6-8(13(15)19(2)18-6)5-11(20)12-9(16)3-7(14)4-10(12)17/h3-4H,5H2,1-2H3. The van der Waals surface area contributed by atoms with Gasteiger partial charge in [-0.15, -0.1) is 0 Å². The van der Waals surface area contributed by atoms with Crippen molar-refractivity contribution in [3.63, 3.8) is 0 Å². The Balaban J connectivity index is 2.38. The molecule has 0 amide bonds. The van der Waals surface area contributed by atoms with Crippen molar-refractivity contribution in [1.82, 2.24) is 9.78 Å². The van der Waals surface area contributed by atoms with Crippen LogP contribution in [0.2, 0.25) is 5.15 Å². The molecule has 20 heavy (non-hydrogen) atoms. The predicted molar refractivity (Wildman–Crippen MR) is 75.0 cm³/mol. The normalized spacial score (nSPS) is 10.9. The monoisotopic (exact) mass is 362 g/mol. The number of carbonyl (C=O) groups is 1.